The molecule has 0 unspecified atom stereocenters. The second kappa shape index (κ2) is 5.20. The van der Waals surface area contributed by atoms with Crippen molar-refractivity contribution in [3.8, 4) is 0 Å². The molecule has 1 heteroatoms. The van der Waals surface area contributed by atoms with Crippen LogP contribution in [0.4, 0.5) is 5.69 Å². The lowest BCUT2D eigenvalue weighted by Crippen LogP contribution is -1.94. The van der Waals surface area contributed by atoms with Crippen molar-refractivity contribution in [1.29, 1.82) is 0 Å². The number of hydrogen-bond donors (Lipinski definition) is 1. The first kappa shape index (κ1) is 11.3. The van der Waals surface area contributed by atoms with Gasteiger partial charge in [0.15, 0.2) is 0 Å². The maximum absolute atomic E-state index is 6.00. The summed E-state index contributed by atoms with van der Waals surface area (Å²) in [6, 6.07) is 6.08. The number of nitrogens with two attached hydrogens (primary N) is 1. The molecule has 0 bridgehead atoms. The molecule has 15 heavy (non-hydrogen) atoms. The molecule has 0 aromatic heterocycles. The molecule has 2 N–H and O–H groups in total. The molecule has 0 heterocycles. The lowest BCUT2D eigenvalue weighted by molar-refractivity contribution is 1.44. The molecule has 0 saturated carbocycles. The molecule has 1 aromatic carbocycles. The highest BCUT2D eigenvalue weighted by molar-refractivity contribution is 5.76. The van der Waals surface area contributed by atoms with Gasteiger partial charge in [0.2, 0.25) is 0 Å². The number of benzene rings is 1. The van der Waals surface area contributed by atoms with Crippen LogP contribution < -0.4 is 5.73 Å². The number of rotatable bonds is 3. The first-order chi connectivity index (χ1) is 7.16. The van der Waals surface area contributed by atoms with Gasteiger partial charge in [0.05, 0.1) is 0 Å². The highest BCUT2D eigenvalue weighted by Crippen LogP contribution is 2.23. The SMILES string of the molecule is C=C/C=C\C=C(/C)c1cccc(C)c1N. The third-order valence-electron chi connectivity index (χ3n) is 2.34. The molecule has 0 fully saturated rings. The minimum atomic E-state index is 0.859. The van der Waals surface area contributed by atoms with E-state index in [2.05, 4.69) is 13.5 Å². The van der Waals surface area contributed by atoms with Gasteiger partial charge in [-0.25, -0.2) is 0 Å². The van der Waals surface area contributed by atoms with Crippen molar-refractivity contribution >= 4 is 11.3 Å². The molecule has 1 aromatic rings. The van der Waals surface area contributed by atoms with E-state index in [-0.39, 0.29) is 0 Å². The Kier molecular flexibility index (Phi) is 3.92. The van der Waals surface area contributed by atoms with Gasteiger partial charge < -0.3 is 5.73 Å². The maximum Gasteiger partial charge on any atom is 0.0420 e. The van der Waals surface area contributed by atoms with Gasteiger partial charge in [-0.2, -0.15) is 0 Å². The molecule has 0 amide bonds. The quantitative estimate of drug-likeness (QED) is 0.582. The zero-order valence-corrected chi connectivity index (χ0v) is 9.33. The van der Waals surface area contributed by atoms with Crippen molar-refractivity contribution in [3.05, 3.63) is 60.2 Å². The normalized spacial score (nSPS) is 12.0. The number of anilines is 1. The molecule has 0 atom stereocenters. The first-order valence-electron chi connectivity index (χ1n) is 4.98. The van der Waals surface area contributed by atoms with Gasteiger partial charge in [-0.05, 0) is 25.0 Å². The van der Waals surface area contributed by atoms with Crippen molar-refractivity contribution in [1.82, 2.24) is 0 Å². The summed E-state index contributed by atoms with van der Waals surface area (Å²) in [4.78, 5) is 0. The summed E-state index contributed by atoms with van der Waals surface area (Å²) in [5.74, 6) is 0. The third kappa shape index (κ3) is 2.84. The zero-order chi connectivity index (χ0) is 11.3. The molecule has 0 saturated heterocycles. The van der Waals surface area contributed by atoms with E-state index in [1.54, 1.807) is 6.08 Å². The average Bonchev–Trinajstić information content (AvgIpc) is 2.22. The third-order valence-corrected chi connectivity index (χ3v) is 2.34. The van der Waals surface area contributed by atoms with E-state index in [9.17, 15) is 0 Å². The van der Waals surface area contributed by atoms with Crippen LogP contribution >= 0.6 is 0 Å². The topological polar surface area (TPSA) is 26.0 Å². The average molecular weight is 199 g/mol. The Balaban J connectivity index is 3.05. The van der Waals surface area contributed by atoms with Gasteiger partial charge in [-0.1, -0.05) is 49.1 Å². The van der Waals surface area contributed by atoms with E-state index in [0.717, 1.165) is 22.4 Å². The predicted molar refractivity (Wildman–Crippen MR) is 68.6 cm³/mol. The molecule has 0 radical (unpaired) electrons. The van der Waals surface area contributed by atoms with Gasteiger partial charge in [-0.3, -0.25) is 0 Å². The van der Waals surface area contributed by atoms with Gasteiger partial charge in [-0.15, -0.1) is 0 Å². The van der Waals surface area contributed by atoms with E-state index < -0.39 is 0 Å². The van der Waals surface area contributed by atoms with E-state index in [0.29, 0.717) is 0 Å². The van der Waals surface area contributed by atoms with Crippen LogP contribution in [0.2, 0.25) is 0 Å². The second-order valence-corrected chi connectivity index (χ2v) is 3.51. The molecular formula is C14H17N. The van der Waals surface area contributed by atoms with Gasteiger partial charge in [0, 0.05) is 11.3 Å². The summed E-state index contributed by atoms with van der Waals surface area (Å²) >= 11 is 0. The van der Waals surface area contributed by atoms with Crippen LogP contribution in [0.15, 0.2) is 49.1 Å². The van der Waals surface area contributed by atoms with Crippen LogP contribution in [0, 0.1) is 6.92 Å². The van der Waals surface area contributed by atoms with Gasteiger partial charge in [0.25, 0.3) is 0 Å². The molecule has 0 aliphatic carbocycles. The summed E-state index contributed by atoms with van der Waals surface area (Å²) in [5.41, 5.74) is 10.2. The predicted octanol–water partition coefficient (Wildman–Crippen LogP) is 3.72. The van der Waals surface area contributed by atoms with Crippen LogP contribution in [-0.4, -0.2) is 0 Å². The van der Waals surface area contributed by atoms with Crippen LogP contribution in [0.25, 0.3) is 5.57 Å². The van der Waals surface area contributed by atoms with Gasteiger partial charge in [0.1, 0.15) is 0 Å². The van der Waals surface area contributed by atoms with Crippen LogP contribution in [-0.2, 0) is 0 Å². The standard InChI is InChI=1S/C14H17N/c1-4-5-6-8-11(2)13-10-7-9-12(3)14(13)15/h4-10H,1,15H2,2-3H3/b6-5-,11-8+. The van der Waals surface area contributed by atoms with Crippen molar-refractivity contribution < 1.29 is 0 Å². The molecule has 0 aliphatic rings. The van der Waals surface area contributed by atoms with E-state index in [4.69, 9.17) is 5.73 Å². The number of aryl methyl sites for hydroxylation is 1. The zero-order valence-electron chi connectivity index (χ0n) is 9.33. The summed E-state index contributed by atoms with van der Waals surface area (Å²) in [6.45, 7) is 7.69. The van der Waals surface area contributed by atoms with E-state index in [1.807, 2.05) is 43.4 Å². The Morgan fingerprint density at radius 3 is 2.73 bits per heavy atom. The molecule has 0 aliphatic heterocycles. The van der Waals surface area contributed by atoms with Crippen molar-refractivity contribution in [2.24, 2.45) is 0 Å². The summed E-state index contributed by atoms with van der Waals surface area (Å²) < 4.78 is 0. The number of nitrogen functional groups attached to an aromatic ring is 1. The largest absolute Gasteiger partial charge is 0.398 e. The van der Waals surface area contributed by atoms with Crippen LogP contribution in [0.1, 0.15) is 18.1 Å². The van der Waals surface area contributed by atoms with Crippen molar-refractivity contribution in [2.45, 2.75) is 13.8 Å². The highest BCUT2D eigenvalue weighted by Gasteiger charge is 2.01. The molecule has 1 nitrogen and oxygen atoms in total. The molecule has 0 spiro atoms. The molecule has 78 valence electrons. The monoisotopic (exact) mass is 199 g/mol. The second-order valence-electron chi connectivity index (χ2n) is 3.51. The smallest absolute Gasteiger partial charge is 0.0420 e. The summed E-state index contributed by atoms with van der Waals surface area (Å²) in [5, 5.41) is 0. The fraction of sp³-hybridized carbons (Fsp3) is 0.143. The lowest BCUT2D eigenvalue weighted by Gasteiger charge is -2.07. The molecule has 1 rings (SSSR count). The Labute approximate surface area is 91.6 Å². The fourth-order valence-corrected chi connectivity index (χ4v) is 1.39. The van der Waals surface area contributed by atoms with Gasteiger partial charge >= 0.3 is 0 Å². The summed E-state index contributed by atoms with van der Waals surface area (Å²) in [7, 11) is 0. The van der Waals surface area contributed by atoms with Crippen molar-refractivity contribution in [2.75, 3.05) is 5.73 Å². The Morgan fingerprint density at radius 1 is 1.33 bits per heavy atom. The Morgan fingerprint density at radius 2 is 2.07 bits per heavy atom. The van der Waals surface area contributed by atoms with Crippen molar-refractivity contribution in [3.63, 3.8) is 0 Å². The van der Waals surface area contributed by atoms with E-state index in [1.165, 1.54) is 0 Å². The lowest BCUT2D eigenvalue weighted by atomic mass is 10.0. The molecular weight excluding hydrogens is 182 g/mol. The number of para-hydroxylation sites is 1. The number of allylic oxidation sites excluding steroid dienone is 5. The number of hydrogen-bond acceptors (Lipinski definition) is 1. The Bertz CT molecular complexity index is 411. The highest BCUT2D eigenvalue weighted by atomic mass is 14.6. The first-order valence-corrected chi connectivity index (χ1v) is 4.98. The fourth-order valence-electron chi connectivity index (χ4n) is 1.39. The minimum absolute atomic E-state index is 0.859. The summed E-state index contributed by atoms with van der Waals surface area (Å²) in [6.07, 6.45) is 7.65. The van der Waals surface area contributed by atoms with E-state index >= 15 is 0 Å². The van der Waals surface area contributed by atoms with Crippen LogP contribution in [0.5, 0.6) is 0 Å². The van der Waals surface area contributed by atoms with Crippen LogP contribution in [0.3, 0.4) is 0 Å². The maximum atomic E-state index is 6.00. The minimum Gasteiger partial charge on any atom is -0.398 e. The Hall–Kier alpha value is -1.76.